The number of anilines is 2. The highest BCUT2D eigenvalue weighted by Crippen LogP contribution is 2.32. The van der Waals surface area contributed by atoms with Crippen molar-refractivity contribution in [3.63, 3.8) is 0 Å². The number of amides is 2. The molecule has 2 amide bonds. The summed E-state index contributed by atoms with van der Waals surface area (Å²) in [5.74, 6) is -0.0657. The third-order valence-corrected chi connectivity index (χ3v) is 4.98. The van der Waals surface area contributed by atoms with Crippen LogP contribution in [0.25, 0.3) is 0 Å². The first-order valence-corrected chi connectivity index (χ1v) is 9.41. The Balaban J connectivity index is 1.59. The topological polar surface area (TPSA) is 71.5 Å². The fourth-order valence-corrected chi connectivity index (χ4v) is 3.61. The molecule has 1 aromatic heterocycles. The molecule has 1 atom stereocenters. The van der Waals surface area contributed by atoms with E-state index in [0.717, 1.165) is 17.7 Å². The molecule has 146 valence electrons. The molecule has 4 rings (SSSR count). The standard InChI is InChI=1S/C23H21N3O3/c1-15-14-16-8-3-5-12-20(16)26(15)23(28)19-11-7-10-18(24-19)22(27)25-17-9-4-6-13-21(17)29-2/h3-13,15H,14H2,1-2H3,(H,25,27). The largest absolute Gasteiger partial charge is 0.495 e. The number of carbonyl (C=O) groups excluding carboxylic acids is 2. The molecular weight excluding hydrogens is 366 g/mol. The second kappa shape index (κ2) is 7.75. The molecule has 6 nitrogen and oxygen atoms in total. The second-order valence-corrected chi connectivity index (χ2v) is 6.92. The monoisotopic (exact) mass is 387 g/mol. The van der Waals surface area contributed by atoms with Crippen molar-refractivity contribution >= 4 is 23.2 Å². The Hall–Kier alpha value is -3.67. The van der Waals surface area contributed by atoms with E-state index in [4.69, 9.17) is 4.74 Å². The normalized spacial score (nSPS) is 15.0. The van der Waals surface area contributed by atoms with Gasteiger partial charge in [0.1, 0.15) is 17.1 Å². The zero-order valence-corrected chi connectivity index (χ0v) is 16.3. The zero-order valence-electron chi connectivity index (χ0n) is 16.3. The Morgan fingerprint density at radius 3 is 2.55 bits per heavy atom. The molecule has 0 spiro atoms. The highest BCUT2D eigenvalue weighted by molar-refractivity contribution is 6.08. The summed E-state index contributed by atoms with van der Waals surface area (Å²) in [5.41, 5.74) is 2.98. The number of methoxy groups -OCH3 is 1. The van der Waals surface area contributed by atoms with Gasteiger partial charge < -0.3 is 15.0 Å². The fourth-order valence-electron chi connectivity index (χ4n) is 3.61. The maximum atomic E-state index is 13.2. The minimum atomic E-state index is -0.404. The second-order valence-electron chi connectivity index (χ2n) is 6.92. The lowest BCUT2D eigenvalue weighted by Gasteiger charge is -2.22. The summed E-state index contributed by atoms with van der Waals surface area (Å²) in [4.78, 5) is 31.9. The Morgan fingerprint density at radius 2 is 1.72 bits per heavy atom. The minimum absolute atomic E-state index is 0.0350. The number of hydrogen-bond donors (Lipinski definition) is 1. The van der Waals surface area contributed by atoms with Crippen LogP contribution in [0.3, 0.4) is 0 Å². The molecule has 29 heavy (non-hydrogen) atoms. The first kappa shape index (κ1) is 18.7. The summed E-state index contributed by atoms with van der Waals surface area (Å²) in [7, 11) is 1.54. The van der Waals surface area contributed by atoms with Crippen LogP contribution in [-0.4, -0.2) is 29.9 Å². The lowest BCUT2D eigenvalue weighted by atomic mass is 10.1. The van der Waals surface area contributed by atoms with Gasteiger partial charge in [-0.2, -0.15) is 0 Å². The number of fused-ring (bicyclic) bond motifs is 1. The van der Waals surface area contributed by atoms with E-state index < -0.39 is 5.91 Å². The fraction of sp³-hybridized carbons (Fsp3) is 0.174. The molecule has 1 aliphatic rings. The van der Waals surface area contributed by atoms with Gasteiger partial charge in [-0.1, -0.05) is 36.4 Å². The van der Waals surface area contributed by atoms with Gasteiger partial charge in [0.25, 0.3) is 11.8 Å². The average Bonchev–Trinajstić information content (AvgIpc) is 3.09. The van der Waals surface area contributed by atoms with E-state index >= 15 is 0 Å². The number of nitrogens with zero attached hydrogens (tertiary/aromatic N) is 2. The number of nitrogens with one attached hydrogen (secondary N) is 1. The molecular formula is C23H21N3O3. The lowest BCUT2D eigenvalue weighted by Crippen LogP contribution is -2.36. The van der Waals surface area contributed by atoms with Gasteiger partial charge in [-0.05, 0) is 49.2 Å². The molecule has 6 heteroatoms. The SMILES string of the molecule is COc1ccccc1NC(=O)c1cccc(C(=O)N2c3ccccc3CC2C)n1. The molecule has 0 fully saturated rings. The Kier molecular flexibility index (Phi) is 4.99. The first-order valence-electron chi connectivity index (χ1n) is 9.41. The van der Waals surface area contributed by atoms with Crippen LogP contribution in [0, 0.1) is 0 Å². The predicted octanol–water partition coefficient (Wildman–Crippen LogP) is 3.93. The van der Waals surface area contributed by atoms with Gasteiger partial charge in [-0.25, -0.2) is 4.98 Å². The van der Waals surface area contributed by atoms with Crippen molar-refractivity contribution < 1.29 is 14.3 Å². The zero-order chi connectivity index (χ0) is 20.4. The Bertz CT molecular complexity index is 1080. The van der Waals surface area contributed by atoms with Gasteiger partial charge in [0, 0.05) is 11.7 Å². The van der Waals surface area contributed by atoms with Crippen LogP contribution < -0.4 is 15.0 Å². The molecule has 1 N–H and O–H groups in total. The van der Waals surface area contributed by atoms with Gasteiger partial charge in [-0.15, -0.1) is 0 Å². The predicted molar refractivity (Wildman–Crippen MR) is 112 cm³/mol. The van der Waals surface area contributed by atoms with E-state index in [2.05, 4.69) is 10.3 Å². The average molecular weight is 387 g/mol. The molecule has 0 saturated heterocycles. The van der Waals surface area contributed by atoms with Crippen molar-refractivity contribution in [2.45, 2.75) is 19.4 Å². The number of para-hydroxylation sites is 3. The summed E-state index contributed by atoms with van der Waals surface area (Å²) in [6.07, 6.45) is 0.801. The van der Waals surface area contributed by atoms with Crippen molar-refractivity contribution in [1.82, 2.24) is 4.98 Å². The minimum Gasteiger partial charge on any atom is -0.495 e. The molecule has 1 unspecified atom stereocenters. The quantitative estimate of drug-likeness (QED) is 0.736. The highest BCUT2D eigenvalue weighted by atomic mass is 16.5. The van der Waals surface area contributed by atoms with Gasteiger partial charge in [0.05, 0.1) is 12.8 Å². The highest BCUT2D eigenvalue weighted by Gasteiger charge is 2.32. The summed E-state index contributed by atoms with van der Waals surface area (Å²) in [6.45, 7) is 2.01. The summed E-state index contributed by atoms with van der Waals surface area (Å²) in [5, 5.41) is 2.79. The molecule has 1 aliphatic heterocycles. The Morgan fingerprint density at radius 1 is 1.00 bits per heavy atom. The smallest absolute Gasteiger partial charge is 0.277 e. The van der Waals surface area contributed by atoms with Crippen molar-refractivity contribution in [3.8, 4) is 5.75 Å². The van der Waals surface area contributed by atoms with E-state index in [-0.39, 0.29) is 23.3 Å². The van der Waals surface area contributed by atoms with Crippen LogP contribution in [0.5, 0.6) is 5.75 Å². The first-order chi connectivity index (χ1) is 14.1. The van der Waals surface area contributed by atoms with Crippen LogP contribution in [0.1, 0.15) is 33.5 Å². The third kappa shape index (κ3) is 3.57. The van der Waals surface area contributed by atoms with E-state index in [0.29, 0.717) is 11.4 Å². The molecule has 2 heterocycles. The molecule has 0 radical (unpaired) electrons. The molecule has 0 aliphatic carbocycles. The molecule has 2 aromatic carbocycles. The van der Waals surface area contributed by atoms with Crippen LogP contribution in [0.15, 0.2) is 66.7 Å². The number of aromatic nitrogens is 1. The van der Waals surface area contributed by atoms with Crippen LogP contribution >= 0.6 is 0 Å². The van der Waals surface area contributed by atoms with E-state index in [1.807, 2.05) is 37.3 Å². The molecule has 0 saturated carbocycles. The molecule has 3 aromatic rings. The maximum Gasteiger partial charge on any atom is 0.277 e. The van der Waals surface area contributed by atoms with E-state index in [9.17, 15) is 9.59 Å². The van der Waals surface area contributed by atoms with Crippen molar-refractivity contribution in [2.24, 2.45) is 0 Å². The number of pyridine rings is 1. The Labute approximate surface area is 169 Å². The number of benzene rings is 2. The van der Waals surface area contributed by atoms with Crippen molar-refractivity contribution in [2.75, 3.05) is 17.3 Å². The summed E-state index contributed by atoms with van der Waals surface area (Å²) >= 11 is 0. The summed E-state index contributed by atoms with van der Waals surface area (Å²) in [6, 6.07) is 19.9. The van der Waals surface area contributed by atoms with E-state index in [1.54, 1.807) is 41.3 Å². The number of ether oxygens (including phenoxy) is 1. The van der Waals surface area contributed by atoms with Gasteiger partial charge >= 0.3 is 0 Å². The van der Waals surface area contributed by atoms with E-state index in [1.165, 1.54) is 7.11 Å². The maximum absolute atomic E-state index is 13.2. The summed E-state index contributed by atoms with van der Waals surface area (Å²) < 4.78 is 5.26. The number of rotatable bonds is 4. The van der Waals surface area contributed by atoms with Crippen molar-refractivity contribution in [1.29, 1.82) is 0 Å². The lowest BCUT2D eigenvalue weighted by molar-refractivity contribution is 0.0976. The molecule has 0 bridgehead atoms. The van der Waals surface area contributed by atoms with Gasteiger partial charge in [0.15, 0.2) is 0 Å². The van der Waals surface area contributed by atoms with Gasteiger partial charge in [-0.3, -0.25) is 9.59 Å². The van der Waals surface area contributed by atoms with Crippen molar-refractivity contribution in [3.05, 3.63) is 83.7 Å². The van der Waals surface area contributed by atoms with Crippen LogP contribution in [0.2, 0.25) is 0 Å². The number of carbonyl (C=O) groups is 2. The van der Waals surface area contributed by atoms with Crippen LogP contribution in [-0.2, 0) is 6.42 Å². The van der Waals surface area contributed by atoms with Crippen LogP contribution in [0.4, 0.5) is 11.4 Å². The third-order valence-electron chi connectivity index (χ3n) is 4.98. The van der Waals surface area contributed by atoms with Gasteiger partial charge in [0.2, 0.25) is 0 Å². The number of hydrogen-bond acceptors (Lipinski definition) is 4.